The predicted octanol–water partition coefficient (Wildman–Crippen LogP) is 2.94. The number of aliphatic hydroxyl groups is 1. The molecule has 0 aliphatic heterocycles. The molecule has 2 rings (SSSR count). The van der Waals surface area contributed by atoms with E-state index in [-0.39, 0.29) is 11.5 Å². The molecule has 20 heavy (non-hydrogen) atoms. The Balaban J connectivity index is 2.15. The Bertz CT molecular complexity index is 537. The molecule has 0 saturated heterocycles. The first-order chi connectivity index (χ1) is 9.61. The molecule has 102 valence electrons. The number of hydrogen-bond donors (Lipinski definition) is 1. The van der Waals surface area contributed by atoms with Gasteiger partial charge in [-0.15, -0.1) is 0 Å². The third-order valence-corrected chi connectivity index (χ3v) is 3.17. The smallest absolute Gasteiger partial charge is 0.256 e. The number of amides is 1. The van der Waals surface area contributed by atoms with E-state index in [9.17, 15) is 9.90 Å². The van der Waals surface area contributed by atoms with Gasteiger partial charge in [0, 0.05) is 18.3 Å². The van der Waals surface area contributed by atoms with E-state index >= 15 is 0 Å². The van der Waals surface area contributed by atoms with Crippen LogP contribution in [-0.2, 0) is 4.79 Å². The third-order valence-electron chi connectivity index (χ3n) is 3.17. The van der Waals surface area contributed by atoms with Crippen LogP contribution < -0.4 is 4.90 Å². The highest BCUT2D eigenvalue weighted by Gasteiger charge is 2.21. The fourth-order valence-corrected chi connectivity index (χ4v) is 1.94. The summed E-state index contributed by atoms with van der Waals surface area (Å²) in [5.74, 6) is -0.299. The highest BCUT2D eigenvalue weighted by atomic mass is 16.3. The van der Waals surface area contributed by atoms with Gasteiger partial charge in [0.2, 0.25) is 0 Å². The number of hydrogen-bond acceptors (Lipinski definition) is 2. The first kappa shape index (κ1) is 14.0. The highest BCUT2D eigenvalue weighted by molar-refractivity contribution is 6.05. The lowest BCUT2D eigenvalue weighted by Crippen LogP contribution is -2.29. The average Bonchev–Trinajstić information content (AvgIpc) is 2.53. The summed E-state index contributed by atoms with van der Waals surface area (Å²) in [5.41, 5.74) is 1.58. The van der Waals surface area contributed by atoms with Crippen molar-refractivity contribution >= 4 is 11.6 Å². The monoisotopic (exact) mass is 267 g/mol. The summed E-state index contributed by atoms with van der Waals surface area (Å²) in [6.07, 6.45) is -0.991. The van der Waals surface area contributed by atoms with Crippen molar-refractivity contribution in [3.8, 4) is 0 Å². The van der Waals surface area contributed by atoms with Crippen LogP contribution in [0.2, 0.25) is 0 Å². The molecule has 0 radical (unpaired) electrons. The Labute approximate surface area is 118 Å². The van der Waals surface area contributed by atoms with Crippen molar-refractivity contribution in [3.05, 3.63) is 78.4 Å². The normalized spacial score (nSPS) is 11.7. The molecule has 3 heteroatoms. The van der Waals surface area contributed by atoms with Crippen LogP contribution in [0.4, 0.5) is 5.69 Å². The van der Waals surface area contributed by atoms with Gasteiger partial charge in [0.15, 0.2) is 0 Å². The number of rotatable bonds is 4. The predicted molar refractivity (Wildman–Crippen MR) is 80.4 cm³/mol. The molecule has 1 atom stereocenters. The zero-order chi connectivity index (χ0) is 14.5. The van der Waals surface area contributed by atoms with Gasteiger partial charge >= 0.3 is 0 Å². The molecule has 3 nitrogen and oxygen atoms in total. The molecular formula is C17H17NO2. The molecule has 0 aliphatic rings. The van der Waals surface area contributed by atoms with E-state index in [1.165, 1.54) is 4.90 Å². The van der Waals surface area contributed by atoms with Crippen molar-refractivity contribution < 1.29 is 9.90 Å². The lowest BCUT2D eigenvalue weighted by molar-refractivity contribution is -0.115. The minimum absolute atomic E-state index is 0.155. The molecule has 0 spiro atoms. The first-order valence-electron chi connectivity index (χ1n) is 6.36. The molecule has 1 unspecified atom stereocenters. The van der Waals surface area contributed by atoms with Crippen LogP contribution in [0.25, 0.3) is 0 Å². The fourth-order valence-electron chi connectivity index (χ4n) is 1.94. The van der Waals surface area contributed by atoms with Crippen molar-refractivity contribution in [1.29, 1.82) is 0 Å². The molecule has 0 bridgehead atoms. The fraction of sp³-hybridized carbons (Fsp3) is 0.118. The minimum atomic E-state index is -0.991. The van der Waals surface area contributed by atoms with Crippen LogP contribution in [0.15, 0.2) is 72.8 Å². The van der Waals surface area contributed by atoms with Crippen LogP contribution in [-0.4, -0.2) is 18.1 Å². The average molecular weight is 267 g/mol. The maximum absolute atomic E-state index is 12.3. The maximum atomic E-state index is 12.3. The van der Waals surface area contributed by atoms with E-state index in [2.05, 4.69) is 6.58 Å². The lowest BCUT2D eigenvalue weighted by atomic mass is 10.0. The van der Waals surface area contributed by atoms with Crippen molar-refractivity contribution in [2.45, 2.75) is 6.10 Å². The Kier molecular flexibility index (Phi) is 4.33. The summed E-state index contributed by atoms with van der Waals surface area (Å²) < 4.78 is 0. The van der Waals surface area contributed by atoms with E-state index < -0.39 is 6.10 Å². The second-order valence-corrected chi connectivity index (χ2v) is 4.54. The summed E-state index contributed by atoms with van der Waals surface area (Å²) in [5, 5.41) is 10.2. The van der Waals surface area contributed by atoms with Gasteiger partial charge in [0.1, 0.15) is 6.10 Å². The van der Waals surface area contributed by atoms with E-state index in [1.807, 2.05) is 48.5 Å². The molecule has 2 aromatic carbocycles. The molecule has 0 aromatic heterocycles. The molecule has 0 fully saturated rings. The Morgan fingerprint density at radius 3 is 2.10 bits per heavy atom. The minimum Gasteiger partial charge on any atom is -0.383 e. The van der Waals surface area contributed by atoms with Gasteiger partial charge in [-0.2, -0.15) is 0 Å². The topological polar surface area (TPSA) is 40.5 Å². The van der Waals surface area contributed by atoms with Crippen molar-refractivity contribution in [2.24, 2.45) is 0 Å². The zero-order valence-electron chi connectivity index (χ0n) is 11.4. The molecule has 1 N–H and O–H groups in total. The number of benzene rings is 2. The molecule has 0 saturated carbocycles. The summed E-state index contributed by atoms with van der Waals surface area (Å²) in [7, 11) is 1.67. The van der Waals surface area contributed by atoms with Gasteiger partial charge < -0.3 is 10.0 Å². The van der Waals surface area contributed by atoms with E-state index in [1.54, 1.807) is 19.2 Å². The molecular weight excluding hydrogens is 250 g/mol. The lowest BCUT2D eigenvalue weighted by Gasteiger charge is -2.21. The summed E-state index contributed by atoms with van der Waals surface area (Å²) in [6.45, 7) is 3.74. The van der Waals surface area contributed by atoms with Crippen LogP contribution in [0, 0.1) is 0 Å². The van der Waals surface area contributed by atoms with Crippen molar-refractivity contribution in [2.75, 3.05) is 11.9 Å². The quantitative estimate of drug-likeness (QED) is 0.865. The maximum Gasteiger partial charge on any atom is 0.256 e. The summed E-state index contributed by atoms with van der Waals surface area (Å²) >= 11 is 0. The van der Waals surface area contributed by atoms with Crippen molar-refractivity contribution in [3.63, 3.8) is 0 Å². The van der Waals surface area contributed by atoms with Crippen LogP contribution >= 0.6 is 0 Å². The van der Waals surface area contributed by atoms with Gasteiger partial charge in [-0.3, -0.25) is 4.79 Å². The van der Waals surface area contributed by atoms with Crippen LogP contribution in [0.5, 0.6) is 0 Å². The van der Waals surface area contributed by atoms with Gasteiger partial charge in [-0.25, -0.2) is 0 Å². The number of para-hydroxylation sites is 1. The SMILES string of the molecule is C=C(C(=O)N(C)c1ccccc1)C(O)c1ccccc1. The number of nitrogens with zero attached hydrogens (tertiary/aromatic N) is 1. The van der Waals surface area contributed by atoms with E-state index in [0.29, 0.717) is 5.56 Å². The van der Waals surface area contributed by atoms with Gasteiger partial charge in [0.25, 0.3) is 5.91 Å². The second-order valence-electron chi connectivity index (χ2n) is 4.54. The number of anilines is 1. The summed E-state index contributed by atoms with van der Waals surface area (Å²) in [6, 6.07) is 18.3. The Morgan fingerprint density at radius 1 is 1.05 bits per heavy atom. The van der Waals surface area contributed by atoms with Gasteiger partial charge in [0.05, 0.1) is 0 Å². The van der Waals surface area contributed by atoms with Gasteiger partial charge in [-0.1, -0.05) is 55.1 Å². The number of likely N-dealkylation sites (N-methyl/N-ethyl adjacent to an activating group) is 1. The molecule has 2 aromatic rings. The first-order valence-corrected chi connectivity index (χ1v) is 6.36. The highest BCUT2D eigenvalue weighted by Crippen LogP contribution is 2.23. The third kappa shape index (κ3) is 2.95. The zero-order valence-corrected chi connectivity index (χ0v) is 11.4. The largest absolute Gasteiger partial charge is 0.383 e. The standard InChI is InChI=1S/C17H17NO2/c1-13(16(19)14-9-5-3-6-10-14)17(20)18(2)15-11-7-4-8-12-15/h3-12,16,19H,1H2,2H3. The molecule has 0 aliphatic carbocycles. The van der Waals surface area contributed by atoms with Crippen LogP contribution in [0.1, 0.15) is 11.7 Å². The van der Waals surface area contributed by atoms with E-state index in [4.69, 9.17) is 0 Å². The number of aliphatic hydroxyl groups excluding tert-OH is 1. The molecule has 0 heterocycles. The van der Waals surface area contributed by atoms with E-state index in [0.717, 1.165) is 5.69 Å². The van der Waals surface area contributed by atoms with Crippen LogP contribution in [0.3, 0.4) is 0 Å². The van der Waals surface area contributed by atoms with Crippen molar-refractivity contribution in [1.82, 2.24) is 0 Å². The Hall–Kier alpha value is -2.39. The Morgan fingerprint density at radius 2 is 1.55 bits per heavy atom. The number of carbonyl (C=O) groups is 1. The second kappa shape index (κ2) is 6.17. The summed E-state index contributed by atoms with van der Waals surface area (Å²) in [4.78, 5) is 13.8. The number of carbonyl (C=O) groups excluding carboxylic acids is 1. The molecule has 1 amide bonds. The van der Waals surface area contributed by atoms with Gasteiger partial charge in [-0.05, 0) is 17.7 Å².